The number of primary amides is 1. The number of nitrogens with one attached hydrogen (secondary N) is 2. The predicted octanol–water partition coefficient (Wildman–Crippen LogP) is 2.58. The Morgan fingerprint density at radius 3 is 1.93 bits per heavy atom. The standard InChI is InChI=1S/C33H43N5O4/c1-22-17-26(42-21-25-13-7-4-8-14-25)18-23(2)27(22)20-28(35)32(40)37-29(15-9-10-16-34)33(41)38-30(31(36)39)19-24-11-5-3-6-12-24/h3-8,11-14,17-18,28-30H,9-10,15-16,19-21,34-35H2,1-2H3,(H2,36,39)(H,37,40)(H,38,41)/t28-,29-,30-/m0/s1. The number of rotatable bonds is 16. The molecule has 42 heavy (non-hydrogen) atoms. The number of hydrogen-bond donors (Lipinski definition) is 5. The Hall–Kier alpha value is -4.21. The Morgan fingerprint density at radius 1 is 0.786 bits per heavy atom. The van der Waals surface area contributed by atoms with Crippen molar-refractivity contribution in [2.24, 2.45) is 17.2 Å². The molecule has 9 heteroatoms. The molecule has 0 saturated heterocycles. The van der Waals surface area contributed by atoms with E-state index in [2.05, 4.69) is 10.6 Å². The lowest BCUT2D eigenvalue weighted by Gasteiger charge is -2.24. The van der Waals surface area contributed by atoms with Gasteiger partial charge in [0, 0.05) is 6.42 Å². The average molecular weight is 574 g/mol. The third-order valence-corrected chi connectivity index (χ3v) is 7.20. The Labute approximate surface area is 248 Å². The van der Waals surface area contributed by atoms with Gasteiger partial charge in [0.25, 0.3) is 0 Å². The summed E-state index contributed by atoms with van der Waals surface area (Å²) in [5.74, 6) is -0.853. The minimum absolute atomic E-state index is 0.245. The van der Waals surface area contributed by atoms with Gasteiger partial charge in [0.2, 0.25) is 17.7 Å². The molecule has 9 nitrogen and oxygen atoms in total. The van der Waals surface area contributed by atoms with E-state index in [9.17, 15) is 14.4 Å². The molecular weight excluding hydrogens is 530 g/mol. The number of carbonyl (C=O) groups is 3. The van der Waals surface area contributed by atoms with Crippen LogP contribution >= 0.6 is 0 Å². The van der Waals surface area contributed by atoms with Crippen molar-refractivity contribution < 1.29 is 19.1 Å². The Morgan fingerprint density at radius 2 is 1.36 bits per heavy atom. The van der Waals surface area contributed by atoms with Crippen LogP contribution in [0.1, 0.15) is 47.1 Å². The molecule has 0 saturated carbocycles. The summed E-state index contributed by atoms with van der Waals surface area (Å²) in [6.07, 6.45) is 2.19. The van der Waals surface area contributed by atoms with Crippen molar-refractivity contribution in [3.8, 4) is 5.75 Å². The molecule has 0 spiro atoms. The zero-order valence-corrected chi connectivity index (χ0v) is 24.5. The number of carbonyl (C=O) groups excluding carboxylic acids is 3. The number of benzene rings is 3. The lowest BCUT2D eigenvalue weighted by atomic mass is 9.95. The van der Waals surface area contributed by atoms with Crippen molar-refractivity contribution in [2.45, 2.75) is 70.7 Å². The quantitative estimate of drug-likeness (QED) is 0.165. The summed E-state index contributed by atoms with van der Waals surface area (Å²) < 4.78 is 5.98. The predicted molar refractivity (Wildman–Crippen MR) is 164 cm³/mol. The molecule has 3 aromatic carbocycles. The van der Waals surface area contributed by atoms with Crippen LogP contribution in [0.4, 0.5) is 0 Å². The first-order valence-corrected chi connectivity index (χ1v) is 14.3. The van der Waals surface area contributed by atoms with Crippen molar-refractivity contribution in [2.75, 3.05) is 6.54 Å². The van der Waals surface area contributed by atoms with Gasteiger partial charge in [-0.15, -0.1) is 0 Å². The first kappa shape index (κ1) is 32.3. The molecule has 0 aliphatic heterocycles. The first-order valence-electron chi connectivity index (χ1n) is 14.3. The van der Waals surface area contributed by atoms with Crippen molar-refractivity contribution in [1.82, 2.24) is 10.6 Å². The van der Waals surface area contributed by atoms with E-state index in [-0.39, 0.29) is 12.8 Å². The number of nitrogens with two attached hydrogens (primary N) is 3. The molecule has 0 radical (unpaired) electrons. The van der Waals surface area contributed by atoms with E-state index in [1.54, 1.807) is 0 Å². The number of amides is 3. The summed E-state index contributed by atoms with van der Waals surface area (Å²) in [5, 5.41) is 5.52. The summed E-state index contributed by atoms with van der Waals surface area (Å²) >= 11 is 0. The molecule has 8 N–H and O–H groups in total. The van der Waals surface area contributed by atoms with Gasteiger partial charge in [0.15, 0.2) is 0 Å². The monoisotopic (exact) mass is 573 g/mol. The topological polar surface area (TPSA) is 163 Å². The second-order valence-corrected chi connectivity index (χ2v) is 10.6. The number of hydrogen-bond acceptors (Lipinski definition) is 6. The molecule has 0 unspecified atom stereocenters. The highest BCUT2D eigenvalue weighted by molar-refractivity contribution is 5.92. The maximum absolute atomic E-state index is 13.2. The van der Waals surface area contributed by atoms with Crippen LogP contribution in [0, 0.1) is 13.8 Å². The molecule has 0 aliphatic rings. The molecule has 3 rings (SSSR count). The number of unbranched alkanes of at least 4 members (excludes halogenated alkanes) is 1. The van der Waals surface area contributed by atoms with E-state index >= 15 is 0 Å². The van der Waals surface area contributed by atoms with Gasteiger partial charge in [-0.1, -0.05) is 60.7 Å². The second kappa shape index (κ2) is 16.3. The van der Waals surface area contributed by atoms with Gasteiger partial charge in [0.05, 0.1) is 6.04 Å². The molecule has 224 valence electrons. The van der Waals surface area contributed by atoms with E-state index in [4.69, 9.17) is 21.9 Å². The molecular formula is C33H43N5O4. The molecule has 0 bridgehead atoms. The first-order chi connectivity index (χ1) is 20.2. The number of ether oxygens (including phenoxy) is 1. The van der Waals surface area contributed by atoms with Gasteiger partial charge in [0.1, 0.15) is 24.4 Å². The Balaban J connectivity index is 1.65. The largest absolute Gasteiger partial charge is 0.489 e. The van der Waals surface area contributed by atoms with E-state index in [0.717, 1.165) is 33.6 Å². The van der Waals surface area contributed by atoms with Crippen molar-refractivity contribution >= 4 is 17.7 Å². The lowest BCUT2D eigenvalue weighted by molar-refractivity contribution is -0.131. The summed E-state index contributed by atoms with van der Waals surface area (Å²) in [6.45, 7) is 4.84. The van der Waals surface area contributed by atoms with E-state index in [1.165, 1.54) is 0 Å². The van der Waals surface area contributed by atoms with Gasteiger partial charge in [-0.05, 0) is 86.0 Å². The van der Waals surface area contributed by atoms with E-state index < -0.39 is 35.8 Å². The van der Waals surface area contributed by atoms with Crippen LogP contribution in [0.2, 0.25) is 0 Å². The zero-order valence-electron chi connectivity index (χ0n) is 24.5. The van der Waals surface area contributed by atoms with Crippen LogP contribution in [0.5, 0.6) is 5.75 Å². The molecule has 0 aromatic heterocycles. The van der Waals surface area contributed by atoms with Gasteiger partial charge in [-0.3, -0.25) is 14.4 Å². The molecule has 3 aromatic rings. The van der Waals surface area contributed by atoms with E-state index in [0.29, 0.717) is 32.4 Å². The van der Waals surface area contributed by atoms with Crippen LogP contribution in [0.3, 0.4) is 0 Å². The van der Waals surface area contributed by atoms with Crippen LogP contribution in [0.25, 0.3) is 0 Å². The van der Waals surface area contributed by atoms with Gasteiger partial charge >= 0.3 is 0 Å². The fourth-order valence-corrected chi connectivity index (χ4v) is 4.80. The summed E-state index contributed by atoms with van der Waals surface area (Å²) in [5.41, 5.74) is 22.4. The Kier molecular flexibility index (Phi) is 12.5. The molecule has 3 amide bonds. The highest BCUT2D eigenvalue weighted by Gasteiger charge is 2.27. The van der Waals surface area contributed by atoms with Crippen LogP contribution in [0.15, 0.2) is 72.8 Å². The van der Waals surface area contributed by atoms with Crippen molar-refractivity contribution in [3.63, 3.8) is 0 Å². The molecule has 3 atom stereocenters. The normalized spacial score (nSPS) is 13.0. The molecule has 0 fully saturated rings. The Bertz CT molecular complexity index is 1290. The fraction of sp³-hybridized carbons (Fsp3) is 0.364. The van der Waals surface area contributed by atoms with Gasteiger partial charge < -0.3 is 32.6 Å². The second-order valence-electron chi connectivity index (χ2n) is 10.6. The van der Waals surface area contributed by atoms with E-state index in [1.807, 2.05) is 86.6 Å². The third kappa shape index (κ3) is 10.0. The molecule has 0 aliphatic carbocycles. The SMILES string of the molecule is Cc1cc(OCc2ccccc2)cc(C)c1C[C@H](N)C(=O)N[C@@H](CCCCN)C(=O)N[C@@H](Cc1ccccc1)C(N)=O. The van der Waals surface area contributed by atoms with Crippen LogP contribution in [-0.4, -0.2) is 42.4 Å². The minimum atomic E-state index is -0.921. The molecule has 0 heterocycles. The zero-order chi connectivity index (χ0) is 30.5. The lowest BCUT2D eigenvalue weighted by Crippen LogP contribution is -2.56. The summed E-state index contributed by atoms with van der Waals surface area (Å²) in [6, 6.07) is 20.4. The minimum Gasteiger partial charge on any atom is -0.489 e. The van der Waals surface area contributed by atoms with Crippen LogP contribution < -0.4 is 32.6 Å². The van der Waals surface area contributed by atoms with Crippen molar-refractivity contribution in [1.29, 1.82) is 0 Å². The smallest absolute Gasteiger partial charge is 0.243 e. The highest BCUT2D eigenvalue weighted by Crippen LogP contribution is 2.24. The van der Waals surface area contributed by atoms with Crippen LogP contribution in [-0.2, 0) is 33.8 Å². The third-order valence-electron chi connectivity index (χ3n) is 7.20. The average Bonchev–Trinajstić information content (AvgIpc) is 2.98. The fourth-order valence-electron chi connectivity index (χ4n) is 4.80. The van der Waals surface area contributed by atoms with Gasteiger partial charge in [-0.25, -0.2) is 0 Å². The maximum atomic E-state index is 13.2. The summed E-state index contributed by atoms with van der Waals surface area (Å²) in [4.78, 5) is 38.6. The maximum Gasteiger partial charge on any atom is 0.243 e. The number of aryl methyl sites for hydroxylation is 2. The highest BCUT2D eigenvalue weighted by atomic mass is 16.5. The summed E-state index contributed by atoms with van der Waals surface area (Å²) in [7, 11) is 0. The van der Waals surface area contributed by atoms with Crippen molar-refractivity contribution in [3.05, 3.63) is 101 Å². The van der Waals surface area contributed by atoms with Gasteiger partial charge in [-0.2, -0.15) is 0 Å².